The molecule has 0 N–H and O–H groups in total. The Hall–Kier alpha value is -3.11. The van der Waals surface area contributed by atoms with E-state index in [1.54, 1.807) is 0 Å². The summed E-state index contributed by atoms with van der Waals surface area (Å²) in [6, 6.07) is 28.5. The molecule has 1 aliphatic heterocycles. The molecule has 0 saturated carbocycles. The molecule has 148 valence electrons. The number of hydrogen-bond acceptors (Lipinski definition) is 4. The van der Waals surface area contributed by atoms with Gasteiger partial charge in [-0.1, -0.05) is 60.7 Å². The summed E-state index contributed by atoms with van der Waals surface area (Å²) >= 11 is 0. The fraction of sp³-hybridized carbons (Fsp3) is 0.240. The average molecular weight is 386 g/mol. The summed E-state index contributed by atoms with van der Waals surface area (Å²) in [5, 5.41) is 6.82. The van der Waals surface area contributed by atoms with Crippen LogP contribution in [-0.2, 0) is 4.74 Å². The maximum atomic E-state index is 5.93. The smallest absolute Gasteiger partial charge is 0.199 e. The van der Waals surface area contributed by atoms with E-state index in [1.165, 1.54) is 0 Å². The lowest BCUT2D eigenvalue weighted by atomic mass is 10.0. The minimum Gasteiger partial charge on any atom is -0.465 e. The Morgan fingerprint density at radius 2 is 1.48 bits per heavy atom. The topological polar surface area (TPSA) is 34.1 Å². The summed E-state index contributed by atoms with van der Waals surface area (Å²) in [4.78, 5) is 0. The number of nitrogens with zero attached hydrogens (tertiary/aromatic N) is 2. The minimum atomic E-state index is -0.131. The Morgan fingerprint density at radius 3 is 2.03 bits per heavy atom. The van der Waals surface area contributed by atoms with Gasteiger partial charge in [0.25, 0.3) is 0 Å². The van der Waals surface area contributed by atoms with Crippen LogP contribution in [0.25, 0.3) is 0 Å². The zero-order chi connectivity index (χ0) is 19.9. The Bertz CT molecular complexity index is 877. The largest absolute Gasteiger partial charge is 0.465 e. The van der Waals surface area contributed by atoms with E-state index in [4.69, 9.17) is 14.6 Å². The van der Waals surface area contributed by atoms with Crippen LogP contribution in [0.4, 0.5) is 5.69 Å². The quantitative estimate of drug-likeness (QED) is 0.415. The van der Waals surface area contributed by atoms with Crippen molar-refractivity contribution in [3.05, 3.63) is 96.1 Å². The van der Waals surface area contributed by atoms with Gasteiger partial charge >= 0.3 is 0 Å². The van der Waals surface area contributed by atoms with Crippen molar-refractivity contribution in [2.45, 2.75) is 25.6 Å². The molecule has 0 aromatic heterocycles. The molecule has 0 spiro atoms. The SMILES string of the molecule is CN(N=C(c1ccccc1)c1ccccc1)c1ccc(O[C@H]2CCCCO2)cc1. The first kappa shape index (κ1) is 19.2. The molecular weight excluding hydrogens is 360 g/mol. The van der Waals surface area contributed by atoms with Crippen LogP contribution in [0.5, 0.6) is 5.75 Å². The van der Waals surface area contributed by atoms with E-state index in [-0.39, 0.29) is 6.29 Å². The van der Waals surface area contributed by atoms with Crippen LogP contribution in [0.3, 0.4) is 0 Å². The van der Waals surface area contributed by atoms with Crippen LogP contribution in [0, 0.1) is 0 Å². The lowest BCUT2D eigenvalue weighted by Gasteiger charge is -2.23. The normalized spacial score (nSPS) is 16.1. The summed E-state index contributed by atoms with van der Waals surface area (Å²) in [6.45, 7) is 0.780. The maximum Gasteiger partial charge on any atom is 0.199 e. The van der Waals surface area contributed by atoms with Crippen molar-refractivity contribution in [2.24, 2.45) is 5.10 Å². The number of benzene rings is 3. The Balaban J connectivity index is 1.55. The number of ether oxygens (including phenoxy) is 2. The van der Waals surface area contributed by atoms with Gasteiger partial charge in [0.15, 0.2) is 6.29 Å². The molecule has 1 fully saturated rings. The Labute approximate surface area is 172 Å². The van der Waals surface area contributed by atoms with Gasteiger partial charge in [-0.3, -0.25) is 5.01 Å². The third-order valence-electron chi connectivity index (χ3n) is 4.96. The van der Waals surface area contributed by atoms with Gasteiger partial charge in [-0.2, -0.15) is 5.10 Å². The van der Waals surface area contributed by atoms with Crippen molar-refractivity contribution in [3.8, 4) is 5.75 Å². The fourth-order valence-corrected chi connectivity index (χ4v) is 3.38. The monoisotopic (exact) mass is 386 g/mol. The van der Waals surface area contributed by atoms with E-state index in [2.05, 4.69) is 24.3 Å². The van der Waals surface area contributed by atoms with E-state index in [0.29, 0.717) is 0 Å². The highest BCUT2D eigenvalue weighted by Gasteiger charge is 2.15. The molecule has 3 aromatic rings. The van der Waals surface area contributed by atoms with Gasteiger partial charge in [0, 0.05) is 24.6 Å². The Morgan fingerprint density at radius 1 is 0.862 bits per heavy atom. The van der Waals surface area contributed by atoms with E-state index in [1.807, 2.05) is 72.7 Å². The molecule has 1 atom stereocenters. The third-order valence-corrected chi connectivity index (χ3v) is 4.96. The Kier molecular flexibility index (Phi) is 6.22. The lowest BCUT2D eigenvalue weighted by molar-refractivity contribution is -0.105. The second kappa shape index (κ2) is 9.39. The fourth-order valence-electron chi connectivity index (χ4n) is 3.38. The highest BCUT2D eigenvalue weighted by atomic mass is 16.7. The summed E-state index contributed by atoms with van der Waals surface area (Å²) in [7, 11) is 1.96. The molecule has 0 aliphatic carbocycles. The molecule has 4 nitrogen and oxygen atoms in total. The highest BCUT2D eigenvalue weighted by Crippen LogP contribution is 2.23. The van der Waals surface area contributed by atoms with Crippen LogP contribution in [-0.4, -0.2) is 25.7 Å². The predicted octanol–water partition coefficient (Wildman–Crippen LogP) is 5.48. The first-order chi connectivity index (χ1) is 14.3. The van der Waals surface area contributed by atoms with Crippen LogP contribution >= 0.6 is 0 Å². The van der Waals surface area contributed by atoms with E-state index < -0.39 is 0 Å². The molecule has 0 bridgehead atoms. The zero-order valence-electron chi connectivity index (χ0n) is 16.7. The average Bonchev–Trinajstić information content (AvgIpc) is 2.80. The van der Waals surface area contributed by atoms with Gasteiger partial charge in [0.05, 0.1) is 18.0 Å². The van der Waals surface area contributed by atoms with E-state index in [0.717, 1.165) is 54.1 Å². The van der Waals surface area contributed by atoms with Crippen molar-refractivity contribution >= 4 is 11.4 Å². The van der Waals surface area contributed by atoms with Crippen molar-refractivity contribution in [3.63, 3.8) is 0 Å². The molecule has 1 aliphatic rings. The van der Waals surface area contributed by atoms with Crippen molar-refractivity contribution in [1.82, 2.24) is 0 Å². The third kappa shape index (κ3) is 5.04. The molecule has 4 heteroatoms. The van der Waals surface area contributed by atoms with Gasteiger partial charge < -0.3 is 9.47 Å². The standard InChI is InChI=1S/C25H26N2O2/c1-27(22-15-17-23(18-16-22)29-24-14-8-9-19-28-24)26-25(20-10-4-2-5-11-20)21-12-6-3-7-13-21/h2-7,10-13,15-18,24H,8-9,14,19H2,1H3/t24-/m0/s1. The molecule has 0 radical (unpaired) electrons. The maximum absolute atomic E-state index is 5.93. The van der Waals surface area contributed by atoms with Crippen LogP contribution in [0.2, 0.25) is 0 Å². The second-order valence-electron chi connectivity index (χ2n) is 7.11. The number of rotatable bonds is 6. The molecular formula is C25H26N2O2. The van der Waals surface area contributed by atoms with Gasteiger partial charge in [0.2, 0.25) is 0 Å². The zero-order valence-corrected chi connectivity index (χ0v) is 16.7. The van der Waals surface area contributed by atoms with Crippen LogP contribution < -0.4 is 9.75 Å². The molecule has 4 rings (SSSR count). The van der Waals surface area contributed by atoms with Gasteiger partial charge in [-0.25, -0.2) is 0 Å². The highest BCUT2D eigenvalue weighted by molar-refractivity contribution is 6.13. The van der Waals surface area contributed by atoms with Crippen molar-refractivity contribution in [1.29, 1.82) is 0 Å². The van der Waals surface area contributed by atoms with Gasteiger partial charge in [-0.05, 0) is 37.1 Å². The van der Waals surface area contributed by atoms with Crippen LogP contribution in [0.15, 0.2) is 90.0 Å². The summed E-state index contributed by atoms with van der Waals surface area (Å²) in [5.41, 5.74) is 4.09. The molecule has 1 saturated heterocycles. The van der Waals surface area contributed by atoms with Gasteiger partial charge in [0.1, 0.15) is 5.75 Å². The molecule has 0 amide bonds. The first-order valence-electron chi connectivity index (χ1n) is 10.1. The molecule has 29 heavy (non-hydrogen) atoms. The summed E-state index contributed by atoms with van der Waals surface area (Å²) in [5.74, 6) is 0.823. The number of hydrogen-bond donors (Lipinski definition) is 0. The summed E-state index contributed by atoms with van der Waals surface area (Å²) < 4.78 is 11.6. The van der Waals surface area contributed by atoms with E-state index in [9.17, 15) is 0 Å². The summed E-state index contributed by atoms with van der Waals surface area (Å²) in [6.07, 6.45) is 3.09. The number of anilines is 1. The van der Waals surface area contributed by atoms with Crippen LogP contribution in [0.1, 0.15) is 30.4 Å². The number of hydrazone groups is 1. The molecule has 0 unspecified atom stereocenters. The predicted molar refractivity (Wildman–Crippen MR) is 118 cm³/mol. The minimum absolute atomic E-state index is 0.131. The molecule has 3 aromatic carbocycles. The van der Waals surface area contributed by atoms with Crippen molar-refractivity contribution < 1.29 is 9.47 Å². The van der Waals surface area contributed by atoms with E-state index >= 15 is 0 Å². The van der Waals surface area contributed by atoms with Gasteiger partial charge in [-0.15, -0.1) is 0 Å². The molecule has 1 heterocycles. The lowest BCUT2D eigenvalue weighted by Crippen LogP contribution is -2.24. The van der Waals surface area contributed by atoms with Crippen molar-refractivity contribution in [2.75, 3.05) is 18.7 Å². The second-order valence-corrected chi connectivity index (χ2v) is 7.11. The first-order valence-corrected chi connectivity index (χ1v) is 10.1.